The second-order valence-electron chi connectivity index (χ2n) is 5.65. The van der Waals surface area contributed by atoms with Gasteiger partial charge in [0.15, 0.2) is 0 Å². The van der Waals surface area contributed by atoms with Crippen molar-refractivity contribution < 1.29 is 4.79 Å². The number of rotatable bonds is 5. The van der Waals surface area contributed by atoms with Crippen molar-refractivity contribution in [1.29, 1.82) is 0 Å². The van der Waals surface area contributed by atoms with Gasteiger partial charge in [0.1, 0.15) is 6.54 Å². The lowest BCUT2D eigenvalue weighted by atomic mass is 10.2. The van der Waals surface area contributed by atoms with Crippen molar-refractivity contribution in [1.82, 2.24) is 19.4 Å². The minimum Gasteiger partial charge on any atom is -0.346 e. The molecule has 1 aromatic carbocycles. The zero-order valence-electron chi connectivity index (χ0n) is 13.8. The number of nitrogens with one attached hydrogen (secondary N) is 1. The molecule has 3 rings (SSSR count). The van der Waals surface area contributed by atoms with Gasteiger partial charge in [0.05, 0.1) is 22.8 Å². The molecule has 0 saturated carbocycles. The summed E-state index contributed by atoms with van der Waals surface area (Å²) < 4.78 is 3.18. The van der Waals surface area contributed by atoms with Gasteiger partial charge in [0, 0.05) is 12.7 Å². The number of imidazole rings is 1. The van der Waals surface area contributed by atoms with Crippen LogP contribution in [0.15, 0.2) is 53.5 Å². The molecule has 124 valence electrons. The average Bonchev–Trinajstić information content (AvgIpc) is 2.87. The van der Waals surface area contributed by atoms with Crippen LogP contribution in [-0.4, -0.2) is 20.0 Å². The van der Waals surface area contributed by atoms with Crippen molar-refractivity contribution in [2.45, 2.75) is 33.0 Å². The summed E-state index contributed by atoms with van der Waals surface area (Å²) in [6.45, 7) is 4.35. The Bertz CT molecular complexity index is 912. The molecule has 1 amide bonds. The van der Waals surface area contributed by atoms with E-state index >= 15 is 0 Å². The summed E-state index contributed by atoms with van der Waals surface area (Å²) in [6.07, 6.45) is 1.69. The summed E-state index contributed by atoms with van der Waals surface area (Å²) in [5.74, 6) is -0.214. The smallest absolute Gasteiger partial charge is 0.329 e. The Balaban J connectivity index is 1.84. The van der Waals surface area contributed by atoms with E-state index < -0.39 is 0 Å². The van der Waals surface area contributed by atoms with Gasteiger partial charge < -0.3 is 5.32 Å². The second-order valence-corrected chi connectivity index (χ2v) is 5.65. The van der Waals surface area contributed by atoms with Gasteiger partial charge in [-0.25, -0.2) is 4.79 Å². The fourth-order valence-corrected chi connectivity index (χ4v) is 2.87. The Labute approximate surface area is 139 Å². The van der Waals surface area contributed by atoms with Crippen LogP contribution in [0.2, 0.25) is 0 Å². The SMILES string of the molecule is CCn1c(=O)n(CC(=O)N[C@@H](C)c2ccccn2)c2ccccc21. The Kier molecular flexibility index (Phi) is 4.46. The van der Waals surface area contributed by atoms with Crippen molar-refractivity contribution in [2.24, 2.45) is 0 Å². The van der Waals surface area contributed by atoms with Gasteiger partial charge in [-0.1, -0.05) is 18.2 Å². The highest BCUT2D eigenvalue weighted by molar-refractivity contribution is 5.81. The van der Waals surface area contributed by atoms with Gasteiger partial charge in [-0.15, -0.1) is 0 Å². The monoisotopic (exact) mass is 324 g/mol. The first kappa shape index (κ1) is 16.0. The molecular formula is C18H20N4O2. The topological polar surface area (TPSA) is 68.9 Å². The number of benzene rings is 1. The lowest BCUT2D eigenvalue weighted by Crippen LogP contribution is -2.34. The largest absolute Gasteiger partial charge is 0.346 e. The summed E-state index contributed by atoms with van der Waals surface area (Å²) in [5, 5.41) is 2.89. The van der Waals surface area contributed by atoms with Crippen LogP contribution < -0.4 is 11.0 Å². The van der Waals surface area contributed by atoms with Crippen molar-refractivity contribution >= 4 is 16.9 Å². The molecule has 0 aliphatic heterocycles. The lowest BCUT2D eigenvalue weighted by molar-refractivity contribution is -0.122. The highest BCUT2D eigenvalue weighted by Crippen LogP contribution is 2.13. The van der Waals surface area contributed by atoms with Crippen molar-refractivity contribution in [2.75, 3.05) is 0 Å². The Morgan fingerprint density at radius 1 is 1.12 bits per heavy atom. The molecule has 0 spiro atoms. The zero-order valence-corrected chi connectivity index (χ0v) is 13.8. The molecule has 0 radical (unpaired) electrons. The first-order chi connectivity index (χ1) is 11.6. The summed E-state index contributed by atoms with van der Waals surface area (Å²) in [5.41, 5.74) is 2.23. The average molecular weight is 324 g/mol. The molecule has 1 N–H and O–H groups in total. The van der Waals surface area contributed by atoms with E-state index in [0.717, 1.165) is 16.7 Å². The van der Waals surface area contributed by atoms with Crippen LogP contribution in [0.3, 0.4) is 0 Å². The number of aromatic nitrogens is 3. The molecule has 0 fully saturated rings. The minimum atomic E-state index is -0.214. The molecular weight excluding hydrogens is 304 g/mol. The summed E-state index contributed by atoms with van der Waals surface area (Å²) in [7, 11) is 0. The first-order valence-corrected chi connectivity index (χ1v) is 8.00. The standard InChI is InChI=1S/C18H20N4O2/c1-3-21-15-9-4-5-10-16(15)22(18(21)24)12-17(23)20-13(2)14-8-6-7-11-19-14/h4-11,13H,3,12H2,1-2H3,(H,20,23)/t13-/m0/s1. The predicted molar refractivity (Wildman–Crippen MR) is 92.7 cm³/mol. The Morgan fingerprint density at radius 3 is 2.42 bits per heavy atom. The second kappa shape index (κ2) is 6.70. The van der Waals surface area contributed by atoms with E-state index in [4.69, 9.17) is 0 Å². The van der Waals surface area contributed by atoms with Gasteiger partial charge in [-0.05, 0) is 38.1 Å². The van der Waals surface area contributed by atoms with E-state index in [2.05, 4.69) is 10.3 Å². The molecule has 24 heavy (non-hydrogen) atoms. The Morgan fingerprint density at radius 2 is 1.79 bits per heavy atom. The maximum atomic E-state index is 12.5. The molecule has 6 heteroatoms. The third-order valence-corrected chi connectivity index (χ3v) is 4.05. The molecule has 2 aromatic heterocycles. The normalized spacial score (nSPS) is 12.2. The van der Waals surface area contributed by atoms with Crippen LogP contribution in [0.4, 0.5) is 0 Å². The molecule has 0 unspecified atom stereocenters. The van der Waals surface area contributed by atoms with Crippen LogP contribution in [-0.2, 0) is 17.9 Å². The van der Waals surface area contributed by atoms with Gasteiger partial charge >= 0.3 is 5.69 Å². The third-order valence-electron chi connectivity index (χ3n) is 4.05. The van der Waals surface area contributed by atoms with E-state index in [1.807, 2.05) is 56.3 Å². The molecule has 0 aliphatic rings. The van der Waals surface area contributed by atoms with E-state index in [1.54, 1.807) is 10.8 Å². The van der Waals surface area contributed by atoms with Crippen LogP contribution in [0.1, 0.15) is 25.6 Å². The number of hydrogen-bond donors (Lipinski definition) is 1. The number of carbonyl (C=O) groups excluding carboxylic acids is 1. The number of carbonyl (C=O) groups is 1. The van der Waals surface area contributed by atoms with Crippen LogP contribution >= 0.6 is 0 Å². The number of nitrogens with zero attached hydrogens (tertiary/aromatic N) is 3. The molecule has 0 bridgehead atoms. The van der Waals surface area contributed by atoms with E-state index in [-0.39, 0.29) is 24.2 Å². The maximum absolute atomic E-state index is 12.5. The van der Waals surface area contributed by atoms with Gasteiger partial charge in [0.25, 0.3) is 0 Å². The first-order valence-electron chi connectivity index (χ1n) is 8.00. The van der Waals surface area contributed by atoms with Crippen LogP contribution in [0, 0.1) is 0 Å². The zero-order chi connectivity index (χ0) is 17.1. The van der Waals surface area contributed by atoms with Gasteiger partial charge in [0.2, 0.25) is 5.91 Å². The number of aryl methyl sites for hydroxylation is 1. The molecule has 1 atom stereocenters. The van der Waals surface area contributed by atoms with Crippen LogP contribution in [0.5, 0.6) is 0 Å². The molecule has 2 heterocycles. The van der Waals surface area contributed by atoms with Crippen molar-refractivity contribution in [3.8, 4) is 0 Å². The number of fused-ring (bicyclic) bond motifs is 1. The fourth-order valence-electron chi connectivity index (χ4n) is 2.87. The molecule has 0 aliphatic carbocycles. The van der Waals surface area contributed by atoms with Gasteiger partial charge in [-0.2, -0.15) is 0 Å². The highest BCUT2D eigenvalue weighted by Gasteiger charge is 2.16. The molecule has 0 saturated heterocycles. The number of hydrogen-bond acceptors (Lipinski definition) is 3. The maximum Gasteiger partial charge on any atom is 0.329 e. The quantitative estimate of drug-likeness (QED) is 0.781. The summed E-state index contributed by atoms with van der Waals surface area (Å²) >= 11 is 0. The highest BCUT2D eigenvalue weighted by atomic mass is 16.2. The van der Waals surface area contributed by atoms with Crippen LogP contribution in [0.25, 0.3) is 11.0 Å². The van der Waals surface area contributed by atoms with E-state index in [0.29, 0.717) is 6.54 Å². The summed E-state index contributed by atoms with van der Waals surface area (Å²) in [6, 6.07) is 12.9. The number of para-hydroxylation sites is 2. The fraction of sp³-hybridized carbons (Fsp3) is 0.278. The molecule has 6 nitrogen and oxygen atoms in total. The summed E-state index contributed by atoms with van der Waals surface area (Å²) in [4.78, 5) is 29.2. The number of amides is 1. The predicted octanol–water partition coefficient (Wildman–Crippen LogP) is 2.10. The van der Waals surface area contributed by atoms with Gasteiger partial charge in [-0.3, -0.25) is 18.9 Å². The van der Waals surface area contributed by atoms with E-state index in [9.17, 15) is 9.59 Å². The lowest BCUT2D eigenvalue weighted by Gasteiger charge is -2.13. The van der Waals surface area contributed by atoms with E-state index in [1.165, 1.54) is 4.57 Å². The third kappa shape index (κ3) is 2.95. The molecule has 3 aromatic rings. The number of pyridine rings is 1. The van der Waals surface area contributed by atoms with Crippen molar-refractivity contribution in [3.05, 3.63) is 64.8 Å². The minimum absolute atomic E-state index is 0.0104. The Hall–Kier alpha value is -2.89. The van der Waals surface area contributed by atoms with Crippen molar-refractivity contribution in [3.63, 3.8) is 0 Å².